The second-order valence-electron chi connectivity index (χ2n) is 3.42. The third-order valence-corrected chi connectivity index (χ3v) is 2.65. The Morgan fingerprint density at radius 3 is 2.40 bits per heavy atom. The van der Waals surface area contributed by atoms with Gasteiger partial charge in [-0.3, -0.25) is 0 Å². The zero-order valence-electron chi connectivity index (χ0n) is 6.95. The first kappa shape index (κ1) is 7.77. The van der Waals surface area contributed by atoms with E-state index < -0.39 is 0 Å². The minimum Gasteiger partial charge on any atom is -0.212 e. The summed E-state index contributed by atoms with van der Waals surface area (Å²) in [6.45, 7) is 5.84. The molecule has 0 heterocycles. The van der Waals surface area contributed by atoms with Gasteiger partial charge in [0.15, 0.2) is 0 Å². The molecule has 1 saturated carbocycles. The van der Waals surface area contributed by atoms with Gasteiger partial charge in [-0.15, -0.1) is 0 Å². The molecule has 1 heteroatoms. The third kappa shape index (κ3) is 1.23. The minimum atomic E-state index is -0.0220. The molecule has 0 bridgehead atoms. The molecule has 1 fully saturated rings. The maximum atomic E-state index is 12.5. The van der Waals surface area contributed by atoms with Gasteiger partial charge in [0.2, 0.25) is 0 Å². The van der Waals surface area contributed by atoms with Crippen LogP contribution in [0, 0.1) is 11.3 Å². The van der Waals surface area contributed by atoms with Crippen LogP contribution in [0.1, 0.15) is 33.6 Å². The van der Waals surface area contributed by atoms with E-state index in [1.165, 1.54) is 13.3 Å². The van der Waals surface area contributed by atoms with Crippen LogP contribution in [0.2, 0.25) is 0 Å². The second-order valence-corrected chi connectivity index (χ2v) is 3.42. The van der Waals surface area contributed by atoms with Gasteiger partial charge in [-0.1, -0.05) is 13.8 Å². The van der Waals surface area contributed by atoms with Crippen molar-refractivity contribution in [3.63, 3.8) is 0 Å². The standard InChI is InChI=1S/C9H15F/c1-4-9(5-7(9)2)6-8(3)10/h6-7H,4-5H2,1-3H3/b8-6+. The maximum Gasteiger partial charge on any atom is 0.0934 e. The highest BCUT2D eigenvalue weighted by Crippen LogP contribution is 2.56. The van der Waals surface area contributed by atoms with Crippen molar-refractivity contribution >= 4 is 0 Å². The van der Waals surface area contributed by atoms with E-state index in [1.807, 2.05) is 0 Å². The Hall–Kier alpha value is -0.330. The zero-order valence-corrected chi connectivity index (χ0v) is 6.95. The summed E-state index contributed by atoms with van der Waals surface area (Å²) in [5.41, 5.74) is 0.235. The summed E-state index contributed by atoms with van der Waals surface area (Å²) in [7, 11) is 0. The summed E-state index contributed by atoms with van der Waals surface area (Å²) in [5, 5.41) is 0. The zero-order chi connectivity index (χ0) is 7.78. The van der Waals surface area contributed by atoms with E-state index in [9.17, 15) is 4.39 Å². The van der Waals surface area contributed by atoms with Crippen LogP contribution in [0.25, 0.3) is 0 Å². The summed E-state index contributed by atoms with van der Waals surface area (Å²) in [6, 6.07) is 0. The SMILES string of the molecule is CCC1(/C=C(\C)F)CC1C. The van der Waals surface area contributed by atoms with Gasteiger partial charge in [-0.25, -0.2) is 4.39 Å². The molecule has 0 radical (unpaired) electrons. The van der Waals surface area contributed by atoms with Crippen LogP contribution in [-0.4, -0.2) is 0 Å². The molecule has 0 aromatic heterocycles. The van der Waals surface area contributed by atoms with Crippen LogP contribution in [-0.2, 0) is 0 Å². The van der Waals surface area contributed by atoms with E-state index in [1.54, 1.807) is 6.08 Å². The fraction of sp³-hybridized carbons (Fsp3) is 0.778. The molecule has 0 aromatic rings. The van der Waals surface area contributed by atoms with Gasteiger partial charge >= 0.3 is 0 Å². The summed E-state index contributed by atoms with van der Waals surface area (Å²) in [5.74, 6) is 0.675. The summed E-state index contributed by atoms with van der Waals surface area (Å²) < 4.78 is 12.5. The number of hydrogen-bond acceptors (Lipinski definition) is 0. The van der Waals surface area contributed by atoms with Gasteiger partial charge in [-0.05, 0) is 37.2 Å². The fourth-order valence-electron chi connectivity index (χ4n) is 1.70. The minimum absolute atomic E-state index is 0.0220. The van der Waals surface area contributed by atoms with Crippen LogP contribution in [0.5, 0.6) is 0 Å². The molecule has 0 saturated heterocycles. The van der Waals surface area contributed by atoms with Crippen molar-refractivity contribution in [3.8, 4) is 0 Å². The van der Waals surface area contributed by atoms with Gasteiger partial charge in [0.05, 0.1) is 5.83 Å². The highest BCUT2D eigenvalue weighted by Gasteiger charge is 2.47. The fourth-order valence-corrected chi connectivity index (χ4v) is 1.70. The summed E-state index contributed by atoms with van der Waals surface area (Å²) in [4.78, 5) is 0. The highest BCUT2D eigenvalue weighted by atomic mass is 19.1. The van der Waals surface area contributed by atoms with Crippen molar-refractivity contribution in [2.24, 2.45) is 11.3 Å². The van der Waals surface area contributed by atoms with Gasteiger partial charge in [0.25, 0.3) is 0 Å². The Bertz CT molecular complexity index is 152. The second kappa shape index (κ2) is 2.37. The number of rotatable bonds is 2. The van der Waals surface area contributed by atoms with E-state index in [4.69, 9.17) is 0 Å². The molecule has 0 spiro atoms. The Morgan fingerprint density at radius 1 is 1.80 bits per heavy atom. The third-order valence-electron chi connectivity index (χ3n) is 2.65. The number of halogens is 1. The van der Waals surface area contributed by atoms with Crippen molar-refractivity contribution < 1.29 is 4.39 Å². The Labute approximate surface area is 62.1 Å². The maximum absolute atomic E-state index is 12.5. The molecule has 2 unspecified atom stereocenters. The molecule has 2 atom stereocenters. The number of allylic oxidation sites excluding steroid dienone is 2. The summed E-state index contributed by atoms with van der Waals surface area (Å²) in [6.07, 6.45) is 4.04. The first-order chi connectivity index (χ1) is 4.60. The lowest BCUT2D eigenvalue weighted by Crippen LogP contribution is -1.95. The predicted molar refractivity (Wildman–Crippen MR) is 41.4 cm³/mol. The lowest BCUT2D eigenvalue weighted by atomic mass is 10.0. The quantitative estimate of drug-likeness (QED) is 0.555. The van der Waals surface area contributed by atoms with Crippen LogP contribution in [0.15, 0.2) is 11.9 Å². The van der Waals surface area contributed by atoms with Crippen molar-refractivity contribution in [1.82, 2.24) is 0 Å². The topological polar surface area (TPSA) is 0 Å². The average molecular weight is 142 g/mol. The molecule has 0 amide bonds. The van der Waals surface area contributed by atoms with E-state index in [0.717, 1.165) is 6.42 Å². The first-order valence-electron chi connectivity index (χ1n) is 3.95. The van der Waals surface area contributed by atoms with E-state index in [0.29, 0.717) is 5.92 Å². The van der Waals surface area contributed by atoms with Crippen LogP contribution in [0.4, 0.5) is 4.39 Å². The van der Waals surface area contributed by atoms with Gasteiger partial charge in [-0.2, -0.15) is 0 Å². The van der Waals surface area contributed by atoms with Crippen LogP contribution < -0.4 is 0 Å². The highest BCUT2D eigenvalue weighted by molar-refractivity contribution is 5.14. The molecular formula is C9H15F. The van der Waals surface area contributed by atoms with E-state index in [-0.39, 0.29) is 11.2 Å². The van der Waals surface area contributed by atoms with Crippen molar-refractivity contribution in [2.75, 3.05) is 0 Å². The Balaban J connectivity index is 2.61. The molecule has 0 nitrogen and oxygen atoms in total. The molecule has 1 aliphatic rings. The smallest absolute Gasteiger partial charge is 0.0934 e. The molecule has 58 valence electrons. The van der Waals surface area contributed by atoms with E-state index >= 15 is 0 Å². The van der Waals surface area contributed by atoms with Crippen molar-refractivity contribution in [2.45, 2.75) is 33.6 Å². The monoisotopic (exact) mass is 142 g/mol. The lowest BCUT2D eigenvalue weighted by molar-refractivity contribution is 0.534. The molecule has 0 aliphatic heterocycles. The van der Waals surface area contributed by atoms with Gasteiger partial charge in [0.1, 0.15) is 0 Å². The lowest BCUT2D eigenvalue weighted by Gasteiger charge is -2.05. The molecule has 0 N–H and O–H groups in total. The molecule has 10 heavy (non-hydrogen) atoms. The Morgan fingerprint density at radius 2 is 2.30 bits per heavy atom. The predicted octanol–water partition coefficient (Wildman–Crippen LogP) is 3.30. The molecule has 1 rings (SSSR count). The van der Waals surface area contributed by atoms with E-state index in [2.05, 4.69) is 13.8 Å². The molecule has 0 aromatic carbocycles. The van der Waals surface area contributed by atoms with Crippen molar-refractivity contribution in [1.29, 1.82) is 0 Å². The first-order valence-corrected chi connectivity index (χ1v) is 3.95. The molecule has 1 aliphatic carbocycles. The van der Waals surface area contributed by atoms with Gasteiger partial charge in [0, 0.05) is 0 Å². The average Bonchev–Trinajstić information content (AvgIpc) is 2.42. The van der Waals surface area contributed by atoms with Crippen molar-refractivity contribution in [3.05, 3.63) is 11.9 Å². The van der Waals surface area contributed by atoms with Gasteiger partial charge < -0.3 is 0 Å². The largest absolute Gasteiger partial charge is 0.212 e. The van der Waals surface area contributed by atoms with Crippen LogP contribution >= 0.6 is 0 Å². The molecular weight excluding hydrogens is 127 g/mol. The Kier molecular flexibility index (Phi) is 1.84. The summed E-state index contributed by atoms with van der Waals surface area (Å²) >= 11 is 0. The normalized spacial score (nSPS) is 40.0. The number of hydrogen-bond donors (Lipinski definition) is 0. The van der Waals surface area contributed by atoms with Crippen LogP contribution in [0.3, 0.4) is 0 Å².